The summed E-state index contributed by atoms with van der Waals surface area (Å²) in [5, 5.41) is 0.709. The lowest BCUT2D eigenvalue weighted by atomic mass is 9.96. The van der Waals surface area contributed by atoms with Crippen LogP contribution >= 0.6 is 15.9 Å². The van der Waals surface area contributed by atoms with Gasteiger partial charge < -0.3 is 0 Å². The van der Waals surface area contributed by atoms with Crippen LogP contribution in [0.2, 0.25) is 0 Å². The van der Waals surface area contributed by atoms with E-state index in [0.29, 0.717) is 11.8 Å². The molecule has 0 aromatic heterocycles. The molecular weight excluding hydrogens is 307 g/mol. The minimum Gasteiger partial charge on any atom is -0.229 e. The number of hydrogen-bond donors (Lipinski definition) is 0. The van der Waals surface area contributed by atoms with E-state index in [4.69, 9.17) is 0 Å². The van der Waals surface area contributed by atoms with Crippen molar-refractivity contribution in [1.82, 2.24) is 0 Å². The Morgan fingerprint density at radius 3 is 2.65 bits per heavy atom. The summed E-state index contributed by atoms with van der Waals surface area (Å²) >= 11 is 3.39. The predicted octanol–water partition coefficient (Wildman–Crippen LogP) is 3.13. The second-order valence-electron chi connectivity index (χ2n) is 4.18. The molecule has 0 radical (unpaired) electrons. The molecule has 1 rings (SSSR count). The van der Waals surface area contributed by atoms with Gasteiger partial charge in [-0.05, 0) is 36.5 Å². The molecule has 1 aromatic carbocycles. The van der Waals surface area contributed by atoms with Crippen molar-refractivity contribution >= 4 is 25.8 Å². The number of halogens is 2. The van der Waals surface area contributed by atoms with E-state index >= 15 is 0 Å². The first kappa shape index (κ1) is 14.6. The molecule has 1 atom stereocenters. The number of sulfone groups is 1. The molecule has 0 saturated carbocycles. The van der Waals surface area contributed by atoms with Crippen molar-refractivity contribution in [2.24, 2.45) is 0 Å². The van der Waals surface area contributed by atoms with Gasteiger partial charge >= 0.3 is 0 Å². The zero-order chi connectivity index (χ0) is 12.9. The Kier molecular flexibility index (Phi) is 5.59. The molecular formula is C12H16BrFO2S. The van der Waals surface area contributed by atoms with E-state index in [0.717, 1.165) is 12.0 Å². The fraction of sp³-hybridized carbons (Fsp3) is 0.500. The Morgan fingerprint density at radius 2 is 2.12 bits per heavy atom. The zero-order valence-electron chi connectivity index (χ0n) is 9.70. The first-order valence-electron chi connectivity index (χ1n) is 5.41. The summed E-state index contributed by atoms with van der Waals surface area (Å²) in [4.78, 5) is 0. The van der Waals surface area contributed by atoms with Gasteiger partial charge in [0.2, 0.25) is 0 Å². The Balaban J connectivity index is 2.60. The van der Waals surface area contributed by atoms with Crippen LogP contribution in [0.4, 0.5) is 4.39 Å². The molecule has 17 heavy (non-hydrogen) atoms. The second kappa shape index (κ2) is 6.50. The molecule has 0 aliphatic carbocycles. The van der Waals surface area contributed by atoms with Crippen LogP contribution < -0.4 is 0 Å². The van der Waals surface area contributed by atoms with Gasteiger partial charge in [0.1, 0.15) is 15.7 Å². The summed E-state index contributed by atoms with van der Waals surface area (Å²) in [5.74, 6) is 0.0928. The van der Waals surface area contributed by atoms with Gasteiger partial charge in [0.15, 0.2) is 0 Å². The molecule has 2 nitrogen and oxygen atoms in total. The highest BCUT2D eigenvalue weighted by Gasteiger charge is 2.12. The van der Waals surface area contributed by atoms with Crippen LogP contribution in [0.15, 0.2) is 24.3 Å². The second-order valence-corrected chi connectivity index (χ2v) is 7.09. The van der Waals surface area contributed by atoms with Crippen molar-refractivity contribution in [3.63, 3.8) is 0 Å². The van der Waals surface area contributed by atoms with E-state index in [2.05, 4.69) is 15.9 Å². The smallest absolute Gasteiger partial charge is 0.147 e. The van der Waals surface area contributed by atoms with E-state index in [1.165, 1.54) is 18.4 Å². The lowest BCUT2D eigenvalue weighted by Gasteiger charge is -2.14. The van der Waals surface area contributed by atoms with Crippen molar-refractivity contribution in [1.29, 1.82) is 0 Å². The molecule has 96 valence electrons. The van der Waals surface area contributed by atoms with E-state index in [1.807, 2.05) is 6.07 Å². The average molecular weight is 323 g/mol. The third kappa shape index (κ3) is 5.64. The molecule has 5 heteroatoms. The lowest BCUT2D eigenvalue weighted by Crippen LogP contribution is -2.07. The van der Waals surface area contributed by atoms with Crippen LogP contribution in [0.25, 0.3) is 0 Å². The third-order valence-electron chi connectivity index (χ3n) is 2.57. The predicted molar refractivity (Wildman–Crippen MR) is 71.9 cm³/mol. The van der Waals surface area contributed by atoms with E-state index in [1.54, 1.807) is 6.07 Å². The van der Waals surface area contributed by atoms with Crippen LogP contribution in [0.3, 0.4) is 0 Å². The molecule has 0 spiro atoms. The summed E-state index contributed by atoms with van der Waals surface area (Å²) in [5.41, 5.74) is 0.912. The van der Waals surface area contributed by atoms with Crippen molar-refractivity contribution in [2.75, 3.05) is 17.3 Å². The van der Waals surface area contributed by atoms with E-state index in [-0.39, 0.29) is 17.5 Å². The summed E-state index contributed by atoms with van der Waals surface area (Å²) in [6.07, 6.45) is 2.58. The SMILES string of the molecule is CS(=O)(=O)CCCC(CBr)c1cccc(F)c1. The molecule has 0 aliphatic heterocycles. The fourth-order valence-corrected chi connectivity index (χ4v) is 3.07. The largest absolute Gasteiger partial charge is 0.229 e. The quantitative estimate of drug-likeness (QED) is 0.754. The van der Waals surface area contributed by atoms with E-state index in [9.17, 15) is 12.8 Å². The number of alkyl halides is 1. The molecule has 1 aromatic rings. The number of benzene rings is 1. The van der Waals surface area contributed by atoms with Gasteiger partial charge in [-0.25, -0.2) is 12.8 Å². The molecule has 0 saturated heterocycles. The van der Waals surface area contributed by atoms with Gasteiger partial charge in [0.05, 0.1) is 0 Å². The molecule has 0 bridgehead atoms. The Bertz CT molecular complexity index is 459. The van der Waals surface area contributed by atoms with Crippen LogP contribution in [-0.4, -0.2) is 25.8 Å². The minimum absolute atomic E-state index is 0.160. The summed E-state index contributed by atoms with van der Waals surface area (Å²) < 4.78 is 35.1. The molecule has 0 fully saturated rings. The minimum atomic E-state index is -2.91. The van der Waals surface area contributed by atoms with Gasteiger partial charge in [-0.1, -0.05) is 28.1 Å². The van der Waals surface area contributed by atoms with Gasteiger partial charge in [-0.3, -0.25) is 0 Å². The van der Waals surface area contributed by atoms with Crippen molar-refractivity contribution in [3.8, 4) is 0 Å². The average Bonchev–Trinajstić information content (AvgIpc) is 2.23. The zero-order valence-corrected chi connectivity index (χ0v) is 12.1. The lowest BCUT2D eigenvalue weighted by molar-refractivity contribution is 0.590. The maximum Gasteiger partial charge on any atom is 0.147 e. The monoisotopic (exact) mass is 322 g/mol. The van der Waals surface area contributed by atoms with Gasteiger partial charge in [0.25, 0.3) is 0 Å². The molecule has 0 heterocycles. The highest BCUT2D eigenvalue weighted by molar-refractivity contribution is 9.09. The summed E-state index contributed by atoms with van der Waals surface area (Å²) in [6.45, 7) is 0. The van der Waals surface area contributed by atoms with Crippen LogP contribution in [0.1, 0.15) is 24.3 Å². The summed E-state index contributed by atoms with van der Waals surface area (Å²) in [7, 11) is -2.91. The maximum atomic E-state index is 13.1. The first-order valence-corrected chi connectivity index (χ1v) is 8.60. The number of rotatable bonds is 6. The third-order valence-corrected chi connectivity index (χ3v) is 4.39. The van der Waals surface area contributed by atoms with Gasteiger partial charge in [0, 0.05) is 17.3 Å². The van der Waals surface area contributed by atoms with E-state index < -0.39 is 9.84 Å². The summed E-state index contributed by atoms with van der Waals surface area (Å²) in [6, 6.07) is 6.46. The Hall–Kier alpha value is -0.420. The fourth-order valence-electron chi connectivity index (χ4n) is 1.69. The highest BCUT2D eigenvalue weighted by Crippen LogP contribution is 2.24. The standard InChI is InChI=1S/C12H16BrFO2S/c1-17(15,16)7-3-5-11(9-13)10-4-2-6-12(14)8-10/h2,4,6,8,11H,3,5,7,9H2,1H3. The van der Waals surface area contributed by atoms with Crippen LogP contribution in [-0.2, 0) is 9.84 Å². The first-order chi connectivity index (χ1) is 7.92. The Labute approximate surface area is 110 Å². The van der Waals surface area contributed by atoms with Gasteiger partial charge in [-0.2, -0.15) is 0 Å². The molecule has 1 unspecified atom stereocenters. The number of hydrogen-bond acceptors (Lipinski definition) is 2. The van der Waals surface area contributed by atoms with Gasteiger partial charge in [-0.15, -0.1) is 0 Å². The van der Waals surface area contributed by atoms with Crippen molar-refractivity contribution in [3.05, 3.63) is 35.6 Å². The molecule has 0 aliphatic rings. The normalized spacial score (nSPS) is 13.6. The van der Waals surface area contributed by atoms with Crippen LogP contribution in [0.5, 0.6) is 0 Å². The highest BCUT2D eigenvalue weighted by atomic mass is 79.9. The topological polar surface area (TPSA) is 34.1 Å². The van der Waals surface area contributed by atoms with Crippen LogP contribution in [0, 0.1) is 5.82 Å². The molecule has 0 N–H and O–H groups in total. The van der Waals surface area contributed by atoms with Crippen molar-refractivity contribution in [2.45, 2.75) is 18.8 Å². The van der Waals surface area contributed by atoms with Crippen molar-refractivity contribution < 1.29 is 12.8 Å². The Morgan fingerprint density at radius 1 is 1.41 bits per heavy atom. The maximum absolute atomic E-state index is 13.1. The molecule has 0 amide bonds.